The molecule has 17 heavy (non-hydrogen) atoms. The summed E-state index contributed by atoms with van der Waals surface area (Å²) in [5.74, 6) is 0. The molecule has 0 aliphatic carbocycles. The molecule has 0 aliphatic heterocycles. The predicted molar refractivity (Wildman–Crippen MR) is 80.4 cm³/mol. The second-order valence-electron chi connectivity index (χ2n) is 3.70. The van der Waals surface area contributed by atoms with Gasteiger partial charge in [0, 0.05) is 17.6 Å². The monoisotopic (exact) mass is 338 g/mol. The van der Waals surface area contributed by atoms with E-state index in [4.69, 9.17) is 23.2 Å². The summed E-state index contributed by atoms with van der Waals surface area (Å²) in [7, 11) is 0. The molecule has 0 fully saturated rings. The van der Waals surface area contributed by atoms with Crippen molar-refractivity contribution < 1.29 is 0 Å². The van der Waals surface area contributed by atoms with Crippen molar-refractivity contribution in [3.8, 4) is 0 Å². The third-order valence-electron chi connectivity index (χ3n) is 2.63. The molecule has 0 aromatic heterocycles. The lowest BCUT2D eigenvalue weighted by atomic mass is 10.3. The smallest absolute Gasteiger partial charge is 0.0720 e. The van der Waals surface area contributed by atoms with Gasteiger partial charge in [-0.25, -0.2) is 0 Å². The van der Waals surface area contributed by atoms with Gasteiger partial charge in [-0.05, 0) is 25.2 Å². The molecular weight excluding hydrogens is 323 g/mol. The number of anilines is 1. The number of nitrogens with zero attached hydrogens (tertiary/aromatic N) is 1. The Morgan fingerprint density at radius 2 is 1.71 bits per heavy atom. The van der Waals surface area contributed by atoms with Crippen LogP contribution in [0.15, 0.2) is 16.6 Å². The second-order valence-corrected chi connectivity index (χ2v) is 5.43. The number of hydrogen-bond donors (Lipinski definition) is 1. The van der Waals surface area contributed by atoms with Crippen molar-refractivity contribution in [1.82, 2.24) is 4.90 Å². The molecule has 0 heterocycles. The molecule has 1 N–H and O–H groups in total. The van der Waals surface area contributed by atoms with Gasteiger partial charge in [-0.1, -0.05) is 53.0 Å². The van der Waals surface area contributed by atoms with Gasteiger partial charge in [0.25, 0.3) is 0 Å². The summed E-state index contributed by atoms with van der Waals surface area (Å²) < 4.78 is 0.891. The Labute approximate surface area is 121 Å². The van der Waals surface area contributed by atoms with E-state index < -0.39 is 0 Å². The SMILES string of the molecule is CCN(CC)CCNc1c(Cl)cc(Br)cc1Cl. The molecule has 0 bridgehead atoms. The fourth-order valence-corrected chi connectivity index (χ4v) is 2.93. The van der Waals surface area contributed by atoms with E-state index in [2.05, 4.69) is 40.0 Å². The Morgan fingerprint density at radius 3 is 2.18 bits per heavy atom. The molecule has 0 unspecified atom stereocenters. The molecule has 1 aromatic carbocycles. The fourth-order valence-electron chi connectivity index (χ4n) is 1.59. The minimum atomic E-state index is 0.643. The number of benzene rings is 1. The Morgan fingerprint density at radius 1 is 1.18 bits per heavy atom. The summed E-state index contributed by atoms with van der Waals surface area (Å²) in [5.41, 5.74) is 0.809. The predicted octanol–water partition coefficient (Wildman–Crippen LogP) is 4.51. The van der Waals surface area contributed by atoms with E-state index in [0.717, 1.165) is 36.3 Å². The van der Waals surface area contributed by atoms with Crippen LogP contribution in [0.5, 0.6) is 0 Å². The molecule has 1 rings (SSSR count). The first-order valence-electron chi connectivity index (χ1n) is 5.69. The summed E-state index contributed by atoms with van der Waals surface area (Å²) in [5, 5.41) is 4.57. The normalized spacial score (nSPS) is 10.9. The highest BCUT2D eigenvalue weighted by Crippen LogP contribution is 2.33. The second kappa shape index (κ2) is 7.47. The summed E-state index contributed by atoms with van der Waals surface area (Å²) in [6.45, 7) is 8.24. The summed E-state index contributed by atoms with van der Waals surface area (Å²) in [4.78, 5) is 2.34. The number of hydrogen-bond acceptors (Lipinski definition) is 2. The third kappa shape index (κ3) is 4.66. The van der Waals surface area contributed by atoms with Crippen LogP contribution in [0.2, 0.25) is 10.0 Å². The molecule has 96 valence electrons. The molecule has 0 aliphatic rings. The number of nitrogens with one attached hydrogen (secondary N) is 1. The maximum atomic E-state index is 6.13. The minimum Gasteiger partial charge on any atom is -0.381 e. The van der Waals surface area contributed by atoms with Crippen LogP contribution in [-0.2, 0) is 0 Å². The first-order valence-corrected chi connectivity index (χ1v) is 7.24. The van der Waals surface area contributed by atoms with Crippen molar-refractivity contribution in [2.45, 2.75) is 13.8 Å². The first-order chi connectivity index (χ1) is 8.08. The van der Waals surface area contributed by atoms with Crippen LogP contribution in [0.3, 0.4) is 0 Å². The largest absolute Gasteiger partial charge is 0.381 e. The quantitative estimate of drug-likeness (QED) is 0.820. The minimum absolute atomic E-state index is 0.643. The fraction of sp³-hybridized carbons (Fsp3) is 0.500. The lowest BCUT2D eigenvalue weighted by molar-refractivity contribution is 0.316. The Bertz CT molecular complexity index is 345. The zero-order valence-corrected chi connectivity index (χ0v) is 13.2. The van der Waals surface area contributed by atoms with Gasteiger partial charge in [0.1, 0.15) is 0 Å². The molecule has 0 amide bonds. The molecule has 0 radical (unpaired) electrons. The van der Waals surface area contributed by atoms with Gasteiger partial charge in [0.15, 0.2) is 0 Å². The van der Waals surface area contributed by atoms with Crippen molar-refractivity contribution in [3.05, 3.63) is 26.7 Å². The topological polar surface area (TPSA) is 15.3 Å². The van der Waals surface area contributed by atoms with Crippen LogP contribution < -0.4 is 5.32 Å². The molecule has 0 saturated carbocycles. The number of halogens is 3. The van der Waals surface area contributed by atoms with Crippen LogP contribution in [0, 0.1) is 0 Å². The van der Waals surface area contributed by atoms with Gasteiger partial charge in [0.2, 0.25) is 0 Å². The highest BCUT2D eigenvalue weighted by Gasteiger charge is 2.07. The van der Waals surface area contributed by atoms with Crippen molar-refractivity contribution >= 4 is 44.8 Å². The van der Waals surface area contributed by atoms with E-state index in [9.17, 15) is 0 Å². The average Bonchev–Trinajstić information content (AvgIpc) is 2.27. The third-order valence-corrected chi connectivity index (χ3v) is 3.69. The lowest BCUT2D eigenvalue weighted by Gasteiger charge is -2.19. The Kier molecular flexibility index (Phi) is 6.63. The van der Waals surface area contributed by atoms with E-state index in [1.807, 2.05) is 12.1 Å². The Balaban J connectivity index is 2.58. The summed E-state index contributed by atoms with van der Waals surface area (Å²) >= 11 is 15.6. The van der Waals surface area contributed by atoms with Crippen LogP contribution >= 0.6 is 39.1 Å². The Hall–Kier alpha value is 0.0400. The van der Waals surface area contributed by atoms with E-state index in [-0.39, 0.29) is 0 Å². The van der Waals surface area contributed by atoms with Crippen molar-refractivity contribution in [2.75, 3.05) is 31.5 Å². The van der Waals surface area contributed by atoms with Crippen LogP contribution in [0.1, 0.15) is 13.8 Å². The van der Waals surface area contributed by atoms with Gasteiger partial charge in [0.05, 0.1) is 15.7 Å². The van der Waals surface area contributed by atoms with Crippen LogP contribution in [0.4, 0.5) is 5.69 Å². The van der Waals surface area contributed by atoms with Gasteiger partial charge in [-0.2, -0.15) is 0 Å². The molecule has 0 spiro atoms. The van der Waals surface area contributed by atoms with Crippen molar-refractivity contribution in [3.63, 3.8) is 0 Å². The van der Waals surface area contributed by atoms with Gasteiger partial charge in [-0.15, -0.1) is 0 Å². The van der Waals surface area contributed by atoms with Gasteiger partial charge >= 0.3 is 0 Å². The molecule has 1 aromatic rings. The standard InChI is InChI=1S/C12H17BrCl2N2/c1-3-17(4-2)6-5-16-12-10(14)7-9(13)8-11(12)15/h7-8,16H,3-6H2,1-2H3. The van der Waals surface area contributed by atoms with E-state index in [1.165, 1.54) is 0 Å². The van der Waals surface area contributed by atoms with Crippen molar-refractivity contribution in [2.24, 2.45) is 0 Å². The molecule has 2 nitrogen and oxygen atoms in total. The van der Waals surface area contributed by atoms with Gasteiger partial charge < -0.3 is 10.2 Å². The van der Waals surface area contributed by atoms with E-state index >= 15 is 0 Å². The van der Waals surface area contributed by atoms with Crippen LogP contribution in [-0.4, -0.2) is 31.1 Å². The van der Waals surface area contributed by atoms with Crippen molar-refractivity contribution in [1.29, 1.82) is 0 Å². The zero-order chi connectivity index (χ0) is 12.8. The zero-order valence-electron chi connectivity index (χ0n) is 10.1. The first kappa shape index (κ1) is 15.1. The molecule has 0 saturated heterocycles. The maximum absolute atomic E-state index is 6.13. The van der Waals surface area contributed by atoms with Gasteiger partial charge in [-0.3, -0.25) is 0 Å². The molecule has 5 heteroatoms. The highest BCUT2D eigenvalue weighted by molar-refractivity contribution is 9.10. The molecule has 0 atom stereocenters. The summed E-state index contributed by atoms with van der Waals surface area (Å²) in [6, 6.07) is 3.68. The average molecular weight is 340 g/mol. The number of rotatable bonds is 6. The lowest BCUT2D eigenvalue weighted by Crippen LogP contribution is -2.28. The van der Waals surface area contributed by atoms with Crippen LogP contribution in [0.25, 0.3) is 0 Å². The number of likely N-dealkylation sites (N-methyl/N-ethyl adjacent to an activating group) is 1. The van der Waals surface area contributed by atoms with E-state index in [1.54, 1.807) is 0 Å². The summed E-state index contributed by atoms with van der Waals surface area (Å²) in [6.07, 6.45) is 0. The highest BCUT2D eigenvalue weighted by atomic mass is 79.9. The molecular formula is C12H17BrCl2N2. The van der Waals surface area contributed by atoms with E-state index in [0.29, 0.717) is 10.0 Å². The maximum Gasteiger partial charge on any atom is 0.0720 e.